The van der Waals surface area contributed by atoms with Gasteiger partial charge in [-0.05, 0) is 46.9 Å². The van der Waals surface area contributed by atoms with Gasteiger partial charge in [0.05, 0.1) is 5.56 Å². The zero-order valence-electron chi connectivity index (χ0n) is 10.4. The lowest BCUT2D eigenvalue weighted by molar-refractivity contribution is 0.0735. The summed E-state index contributed by atoms with van der Waals surface area (Å²) >= 11 is 2.12. The van der Waals surface area contributed by atoms with E-state index in [0.29, 0.717) is 16.8 Å². The molecule has 1 aromatic heterocycles. The molecular formula is C16H10INO2. The number of pyridine rings is 1. The van der Waals surface area contributed by atoms with Gasteiger partial charge in [-0.25, -0.2) is 4.79 Å². The summed E-state index contributed by atoms with van der Waals surface area (Å²) in [5.41, 5.74) is 1.25. The van der Waals surface area contributed by atoms with Crippen molar-refractivity contribution < 1.29 is 9.53 Å². The quantitative estimate of drug-likeness (QED) is 0.385. The normalized spacial score (nSPS) is 10.4. The van der Waals surface area contributed by atoms with Crippen LogP contribution in [0, 0.1) is 3.57 Å². The van der Waals surface area contributed by atoms with Crippen LogP contribution in [0.25, 0.3) is 10.9 Å². The van der Waals surface area contributed by atoms with Crippen LogP contribution >= 0.6 is 22.6 Å². The lowest BCUT2D eigenvalue weighted by Crippen LogP contribution is -2.10. The monoisotopic (exact) mass is 375 g/mol. The number of carbonyl (C=O) groups excluding carboxylic acids is 1. The molecule has 0 radical (unpaired) electrons. The maximum atomic E-state index is 12.2. The molecule has 0 atom stereocenters. The lowest BCUT2D eigenvalue weighted by Gasteiger charge is -2.07. The van der Waals surface area contributed by atoms with Crippen LogP contribution in [0.3, 0.4) is 0 Å². The van der Waals surface area contributed by atoms with Crippen LogP contribution in [0.1, 0.15) is 10.4 Å². The molecule has 3 rings (SSSR count). The van der Waals surface area contributed by atoms with E-state index in [1.807, 2.05) is 42.5 Å². The number of halogens is 1. The van der Waals surface area contributed by atoms with E-state index in [4.69, 9.17) is 4.74 Å². The Kier molecular flexibility index (Phi) is 3.64. The van der Waals surface area contributed by atoms with E-state index in [-0.39, 0.29) is 5.97 Å². The standard InChI is InChI=1S/C16H10INO2/c17-13-8-2-1-7-12(13)16(19)20-14-9-3-5-11-6-4-10-18-15(11)14/h1-10H. The van der Waals surface area contributed by atoms with Crippen molar-refractivity contribution in [2.75, 3.05) is 0 Å². The molecule has 0 saturated heterocycles. The van der Waals surface area contributed by atoms with Crippen molar-refractivity contribution in [1.29, 1.82) is 0 Å². The van der Waals surface area contributed by atoms with E-state index in [2.05, 4.69) is 27.6 Å². The highest BCUT2D eigenvalue weighted by Gasteiger charge is 2.13. The number of hydrogen-bond donors (Lipinski definition) is 0. The van der Waals surface area contributed by atoms with Crippen molar-refractivity contribution in [2.45, 2.75) is 0 Å². The van der Waals surface area contributed by atoms with Crippen LogP contribution in [-0.4, -0.2) is 11.0 Å². The molecule has 0 N–H and O–H groups in total. The second-order valence-corrected chi connectivity index (χ2v) is 5.36. The average molecular weight is 375 g/mol. The summed E-state index contributed by atoms with van der Waals surface area (Å²) in [6.45, 7) is 0. The highest BCUT2D eigenvalue weighted by Crippen LogP contribution is 2.24. The molecule has 20 heavy (non-hydrogen) atoms. The Morgan fingerprint density at radius 3 is 2.65 bits per heavy atom. The number of esters is 1. The van der Waals surface area contributed by atoms with E-state index in [1.165, 1.54) is 0 Å². The second kappa shape index (κ2) is 5.58. The molecule has 0 spiro atoms. The van der Waals surface area contributed by atoms with Crippen LogP contribution in [0.5, 0.6) is 5.75 Å². The number of aromatic nitrogens is 1. The van der Waals surface area contributed by atoms with Crippen molar-refractivity contribution in [1.82, 2.24) is 4.98 Å². The molecule has 0 fully saturated rings. The highest BCUT2D eigenvalue weighted by molar-refractivity contribution is 14.1. The largest absolute Gasteiger partial charge is 0.421 e. The van der Waals surface area contributed by atoms with E-state index >= 15 is 0 Å². The summed E-state index contributed by atoms with van der Waals surface area (Å²) in [4.78, 5) is 16.5. The SMILES string of the molecule is O=C(Oc1cccc2cccnc12)c1ccccc1I. The Morgan fingerprint density at radius 2 is 1.80 bits per heavy atom. The van der Waals surface area contributed by atoms with Gasteiger partial charge in [-0.1, -0.05) is 30.3 Å². The summed E-state index contributed by atoms with van der Waals surface area (Å²) < 4.78 is 6.35. The molecule has 98 valence electrons. The number of hydrogen-bond acceptors (Lipinski definition) is 3. The van der Waals surface area contributed by atoms with Crippen molar-refractivity contribution >= 4 is 39.5 Å². The molecule has 0 saturated carbocycles. The molecule has 0 bridgehead atoms. The fourth-order valence-corrected chi connectivity index (χ4v) is 2.55. The van der Waals surface area contributed by atoms with Crippen LogP contribution < -0.4 is 4.74 Å². The zero-order valence-corrected chi connectivity index (χ0v) is 12.6. The summed E-state index contributed by atoms with van der Waals surface area (Å²) in [6.07, 6.45) is 1.69. The van der Waals surface area contributed by atoms with Crippen LogP contribution in [0.15, 0.2) is 60.8 Å². The molecule has 4 heteroatoms. The molecular weight excluding hydrogens is 365 g/mol. The number of para-hydroxylation sites is 1. The topological polar surface area (TPSA) is 39.2 Å². The average Bonchev–Trinajstić information content (AvgIpc) is 2.48. The summed E-state index contributed by atoms with van der Waals surface area (Å²) in [7, 11) is 0. The number of fused-ring (bicyclic) bond motifs is 1. The van der Waals surface area contributed by atoms with Gasteiger partial charge in [-0.3, -0.25) is 4.98 Å². The fraction of sp³-hybridized carbons (Fsp3) is 0. The van der Waals surface area contributed by atoms with E-state index in [0.717, 1.165) is 8.96 Å². The van der Waals surface area contributed by atoms with Gasteiger partial charge in [0, 0.05) is 15.2 Å². The van der Waals surface area contributed by atoms with Crippen molar-refractivity contribution in [2.24, 2.45) is 0 Å². The molecule has 0 aliphatic heterocycles. The molecule has 3 nitrogen and oxygen atoms in total. The van der Waals surface area contributed by atoms with Gasteiger partial charge in [-0.2, -0.15) is 0 Å². The highest BCUT2D eigenvalue weighted by atomic mass is 127. The predicted octanol–water partition coefficient (Wildman–Crippen LogP) is 4.06. The maximum absolute atomic E-state index is 12.2. The second-order valence-electron chi connectivity index (χ2n) is 4.20. The van der Waals surface area contributed by atoms with Crippen molar-refractivity contribution in [3.63, 3.8) is 0 Å². The Morgan fingerprint density at radius 1 is 1.00 bits per heavy atom. The molecule has 1 heterocycles. The maximum Gasteiger partial charge on any atom is 0.344 e. The van der Waals surface area contributed by atoms with Gasteiger partial charge in [0.25, 0.3) is 0 Å². The Bertz CT molecular complexity index is 781. The van der Waals surface area contributed by atoms with Gasteiger partial charge in [0.1, 0.15) is 5.52 Å². The third-order valence-electron chi connectivity index (χ3n) is 2.89. The minimum absolute atomic E-state index is 0.367. The Hall–Kier alpha value is -1.95. The third kappa shape index (κ3) is 2.51. The number of nitrogens with zero attached hydrogens (tertiary/aromatic N) is 1. The van der Waals surface area contributed by atoms with E-state index < -0.39 is 0 Å². The molecule has 0 unspecified atom stereocenters. The van der Waals surface area contributed by atoms with Crippen molar-refractivity contribution in [3.8, 4) is 5.75 Å². The Labute approximate surface area is 129 Å². The number of carbonyl (C=O) groups is 1. The first-order valence-corrected chi connectivity index (χ1v) is 7.14. The minimum atomic E-state index is -0.367. The summed E-state index contributed by atoms with van der Waals surface area (Å²) in [6, 6.07) is 16.7. The molecule has 0 aliphatic carbocycles. The lowest BCUT2D eigenvalue weighted by atomic mass is 10.2. The fourth-order valence-electron chi connectivity index (χ4n) is 1.94. The van der Waals surface area contributed by atoms with Gasteiger partial charge < -0.3 is 4.74 Å². The molecule has 0 aliphatic rings. The minimum Gasteiger partial charge on any atom is -0.421 e. The number of ether oxygens (including phenoxy) is 1. The molecule has 3 aromatic rings. The third-order valence-corrected chi connectivity index (χ3v) is 3.83. The van der Waals surface area contributed by atoms with Crippen molar-refractivity contribution in [3.05, 3.63) is 69.9 Å². The molecule has 2 aromatic carbocycles. The van der Waals surface area contributed by atoms with Gasteiger partial charge in [-0.15, -0.1) is 0 Å². The smallest absolute Gasteiger partial charge is 0.344 e. The summed E-state index contributed by atoms with van der Waals surface area (Å²) in [5, 5.41) is 0.945. The van der Waals surface area contributed by atoms with Gasteiger partial charge in [0.15, 0.2) is 5.75 Å². The molecule has 0 amide bonds. The first kappa shape index (κ1) is 13.1. The summed E-state index contributed by atoms with van der Waals surface area (Å²) in [5.74, 6) is 0.112. The first-order chi connectivity index (χ1) is 9.75. The van der Waals surface area contributed by atoms with Gasteiger partial charge >= 0.3 is 5.97 Å². The Balaban J connectivity index is 1.98. The number of rotatable bonds is 2. The van der Waals surface area contributed by atoms with E-state index in [9.17, 15) is 4.79 Å². The van der Waals surface area contributed by atoms with Crippen LogP contribution in [0.2, 0.25) is 0 Å². The first-order valence-electron chi connectivity index (χ1n) is 6.06. The van der Waals surface area contributed by atoms with Crippen LogP contribution in [0.4, 0.5) is 0 Å². The van der Waals surface area contributed by atoms with Gasteiger partial charge in [0.2, 0.25) is 0 Å². The zero-order chi connectivity index (χ0) is 13.9. The number of benzene rings is 2. The van der Waals surface area contributed by atoms with Crippen LogP contribution in [-0.2, 0) is 0 Å². The van der Waals surface area contributed by atoms with E-state index in [1.54, 1.807) is 18.3 Å². The predicted molar refractivity (Wildman–Crippen MR) is 85.9 cm³/mol.